The third kappa shape index (κ3) is 4.18. The van der Waals surface area contributed by atoms with Crippen LogP contribution in [0.3, 0.4) is 0 Å². The predicted molar refractivity (Wildman–Crippen MR) is 74.2 cm³/mol. The number of nitrogens with zero attached hydrogens (tertiary/aromatic N) is 2. The van der Waals surface area contributed by atoms with Gasteiger partial charge in [0.2, 0.25) is 0 Å². The minimum atomic E-state index is 0.799. The Hall–Kier alpha value is -1.29. The van der Waals surface area contributed by atoms with E-state index in [-0.39, 0.29) is 0 Å². The van der Waals surface area contributed by atoms with Gasteiger partial charge in [0.15, 0.2) is 0 Å². The van der Waals surface area contributed by atoms with Crippen LogP contribution < -0.4 is 10.1 Å². The van der Waals surface area contributed by atoms with Gasteiger partial charge in [-0.05, 0) is 38.1 Å². The first kappa shape index (κ1) is 13.1. The van der Waals surface area contributed by atoms with E-state index in [0.717, 1.165) is 24.7 Å². The maximum absolute atomic E-state index is 5.08. The van der Waals surface area contributed by atoms with Crippen molar-refractivity contribution >= 4 is 5.82 Å². The standard InChI is InChI=1S/C14H23N3O/c1-18-13-6-7-14(16-12-13)15-8-11-17-9-4-2-3-5-10-17/h6-7,12H,2-5,8-11H2,1H3,(H,15,16). The van der Waals surface area contributed by atoms with Gasteiger partial charge in [-0.3, -0.25) is 0 Å². The second kappa shape index (κ2) is 7.21. The minimum Gasteiger partial charge on any atom is -0.495 e. The van der Waals surface area contributed by atoms with E-state index in [4.69, 9.17) is 4.74 Å². The summed E-state index contributed by atoms with van der Waals surface area (Å²) in [6.45, 7) is 4.56. The van der Waals surface area contributed by atoms with Crippen LogP contribution in [0, 0.1) is 0 Å². The molecule has 0 unspecified atom stereocenters. The maximum Gasteiger partial charge on any atom is 0.137 e. The molecular weight excluding hydrogens is 226 g/mol. The summed E-state index contributed by atoms with van der Waals surface area (Å²) in [5.41, 5.74) is 0. The smallest absolute Gasteiger partial charge is 0.137 e. The van der Waals surface area contributed by atoms with Crippen LogP contribution in [0.1, 0.15) is 25.7 Å². The fourth-order valence-electron chi connectivity index (χ4n) is 2.31. The van der Waals surface area contributed by atoms with E-state index in [2.05, 4.69) is 15.2 Å². The molecule has 18 heavy (non-hydrogen) atoms. The van der Waals surface area contributed by atoms with Crippen LogP contribution in [-0.2, 0) is 0 Å². The molecule has 2 heterocycles. The van der Waals surface area contributed by atoms with Crippen molar-refractivity contribution < 1.29 is 4.74 Å². The molecule has 1 aliphatic heterocycles. The summed E-state index contributed by atoms with van der Waals surface area (Å²) in [5, 5.41) is 3.36. The fourth-order valence-corrected chi connectivity index (χ4v) is 2.31. The number of ether oxygens (including phenoxy) is 1. The lowest BCUT2D eigenvalue weighted by atomic mass is 10.2. The minimum absolute atomic E-state index is 0.799. The highest BCUT2D eigenvalue weighted by atomic mass is 16.5. The van der Waals surface area contributed by atoms with Gasteiger partial charge >= 0.3 is 0 Å². The Kier molecular flexibility index (Phi) is 5.27. The first-order chi connectivity index (χ1) is 8.88. The lowest BCUT2D eigenvalue weighted by Crippen LogP contribution is -2.30. The van der Waals surface area contributed by atoms with E-state index >= 15 is 0 Å². The van der Waals surface area contributed by atoms with Gasteiger partial charge in [0, 0.05) is 13.1 Å². The Morgan fingerprint density at radius 2 is 2.00 bits per heavy atom. The summed E-state index contributed by atoms with van der Waals surface area (Å²) in [6, 6.07) is 3.89. The Morgan fingerprint density at radius 1 is 1.22 bits per heavy atom. The number of pyridine rings is 1. The zero-order chi connectivity index (χ0) is 12.6. The molecule has 4 heteroatoms. The number of hydrogen-bond acceptors (Lipinski definition) is 4. The van der Waals surface area contributed by atoms with E-state index in [1.165, 1.54) is 38.8 Å². The largest absolute Gasteiger partial charge is 0.495 e. The third-order valence-electron chi connectivity index (χ3n) is 3.40. The van der Waals surface area contributed by atoms with Gasteiger partial charge in [-0.15, -0.1) is 0 Å². The summed E-state index contributed by atoms with van der Waals surface area (Å²) >= 11 is 0. The number of likely N-dealkylation sites (tertiary alicyclic amines) is 1. The lowest BCUT2D eigenvalue weighted by molar-refractivity contribution is 0.296. The Labute approximate surface area is 109 Å². The summed E-state index contributed by atoms with van der Waals surface area (Å²) in [6.07, 6.45) is 7.23. The first-order valence-corrected chi connectivity index (χ1v) is 6.85. The highest BCUT2D eigenvalue weighted by Gasteiger charge is 2.07. The van der Waals surface area contributed by atoms with Crippen LogP contribution in [0.25, 0.3) is 0 Å². The van der Waals surface area contributed by atoms with Gasteiger partial charge in [-0.1, -0.05) is 12.8 Å². The Balaban J connectivity index is 1.70. The van der Waals surface area contributed by atoms with Crippen molar-refractivity contribution in [2.45, 2.75) is 25.7 Å². The van der Waals surface area contributed by atoms with Crippen molar-refractivity contribution in [3.63, 3.8) is 0 Å². The fraction of sp³-hybridized carbons (Fsp3) is 0.643. The summed E-state index contributed by atoms with van der Waals surface area (Å²) in [7, 11) is 1.66. The van der Waals surface area contributed by atoms with Gasteiger partial charge in [0.1, 0.15) is 11.6 Å². The molecular formula is C14H23N3O. The predicted octanol–water partition coefficient (Wildman–Crippen LogP) is 2.38. The highest BCUT2D eigenvalue weighted by molar-refractivity contribution is 5.37. The molecule has 0 bridgehead atoms. The quantitative estimate of drug-likeness (QED) is 0.869. The summed E-state index contributed by atoms with van der Waals surface area (Å²) in [4.78, 5) is 6.84. The van der Waals surface area contributed by atoms with Crippen LogP contribution in [-0.4, -0.2) is 43.2 Å². The van der Waals surface area contributed by atoms with Crippen molar-refractivity contribution in [3.05, 3.63) is 18.3 Å². The molecule has 0 amide bonds. The number of rotatable bonds is 5. The van der Waals surface area contributed by atoms with E-state index in [9.17, 15) is 0 Å². The summed E-state index contributed by atoms with van der Waals surface area (Å²) < 4.78 is 5.08. The van der Waals surface area contributed by atoms with Crippen molar-refractivity contribution in [2.24, 2.45) is 0 Å². The normalized spacial score (nSPS) is 17.2. The van der Waals surface area contributed by atoms with Crippen molar-refractivity contribution in [3.8, 4) is 5.75 Å². The topological polar surface area (TPSA) is 37.4 Å². The highest BCUT2D eigenvalue weighted by Crippen LogP contribution is 2.11. The third-order valence-corrected chi connectivity index (χ3v) is 3.40. The van der Waals surface area contributed by atoms with Gasteiger partial charge in [0.05, 0.1) is 13.3 Å². The van der Waals surface area contributed by atoms with Gasteiger partial charge in [-0.25, -0.2) is 4.98 Å². The van der Waals surface area contributed by atoms with E-state index in [0.29, 0.717) is 0 Å². The number of nitrogens with one attached hydrogen (secondary N) is 1. The monoisotopic (exact) mass is 249 g/mol. The van der Waals surface area contributed by atoms with Crippen LogP contribution >= 0.6 is 0 Å². The second-order valence-electron chi connectivity index (χ2n) is 4.77. The molecule has 4 nitrogen and oxygen atoms in total. The molecule has 1 N–H and O–H groups in total. The van der Waals surface area contributed by atoms with Crippen LogP contribution in [0.4, 0.5) is 5.82 Å². The van der Waals surface area contributed by atoms with E-state index in [1.54, 1.807) is 13.3 Å². The molecule has 1 aromatic rings. The average Bonchev–Trinajstić information content (AvgIpc) is 2.68. The molecule has 1 saturated heterocycles. The number of hydrogen-bond donors (Lipinski definition) is 1. The molecule has 100 valence electrons. The second-order valence-corrected chi connectivity index (χ2v) is 4.77. The number of methoxy groups -OCH3 is 1. The SMILES string of the molecule is COc1ccc(NCCN2CCCCCC2)nc1. The van der Waals surface area contributed by atoms with Crippen molar-refractivity contribution in [1.82, 2.24) is 9.88 Å². The van der Waals surface area contributed by atoms with Crippen LogP contribution in [0.2, 0.25) is 0 Å². The lowest BCUT2D eigenvalue weighted by Gasteiger charge is -2.19. The molecule has 0 aromatic carbocycles. The molecule has 0 spiro atoms. The number of anilines is 1. The van der Waals surface area contributed by atoms with Crippen molar-refractivity contribution in [2.75, 3.05) is 38.6 Å². The van der Waals surface area contributed by atoms with Crippen LogP contribution in [0.15, 0.2) is 18.3 Å². The molecule has 1 fully saturated rings. The molecule has 1 aromatic heterocycles. The Morgan fingerprint density at radius 3 is 2.61 bits per heavy atom. The van der Waals surface area contributed by atoms with Gasteiger partial charge in [0.25, 0.3) is 0 Å². The first-order valence-electron chi connectivity index (χ1n) is 6.85. The molecule has 0 radical (unpaired) electrons. The molecule has 1 aliphatic rings. The zero-order valence-electron chi connectivity index (χ0n) is 11.2. The van der Waals surface area contributed by atoms with E-state index < -0.39 is 0 Å². The molecule has 0 aliphatic carbocycles. The van der Waals surface area contributed by atoms with Gasteiger partial charge in [-0.2, -0.15) is 0 Å². The maximum atomic E-state index is 5.08. The summed E-state index contributed by atoms with van der Waals surface area (Å²) in [5.74, 6) is 1.72. The molecule has 0 saturated carbocycles. The molecule has 0 atom stereocenters. The molecule has 2 rings (SSSR count). The van der Waals surface area contributed by atoms with Gasteiger partial charge < -0.3 is 15.0 Å². The van der Waals surface area contributed by atoms with Crippen LogP contribution in [0.5, 0.6) is 5.75 Å². The Bertz CT molecular complexity index is 331. The average molecular weight is 249 g/mol. The zero-order valence-corrected chi connectivity index (χ0v) is 11.2. The van der Waals surface area contributed by atoms with E-state index in [1.807, 2.05) is 12.1 Å². The van der Waals surface area contributed by atoms with Crippen molar-refractivity contribution in [1.29, 1.82) is 0 Å². The number of aromatic nitrogens is 1.